The van der Waals surface area contributed by atoms with Crippen molar-refractivity contribution in [2.75, 3.05) is 32.6 Å². The summed E-state index contributed by atoms with van der Waals surface area (Å²) in [5.41, 5.74) is -1.70. The van der Waals surface area contributed by atoms with Gasteiger partial charge in [-0.1, -0.05) is 26.0 Å². The fraction of sp³-hybridized carbons (Fsp3) is 0.615. The lowest BCUT2D eigenvalue weighted by Gasteiger charge is -2.40. The lowest BCUT2D eigenvalue weighted by atomic mass is 9.86. The Morgan fingerprint density at radius 2 is 1.83 bits per heavy atom. The molecule has 2 saturated carbocycles. The van der Waals surface area contributed by atoms with Crippen molar-refractivity contribution >= 4 is 50.4 Å². The number of carbonyl (C=O) groups is 4. The number of amides is 4. The summed E-state index contributed by atoms with van der Waals surface area (Å²) in [6, 6.07) is 1.08. The second-order valence-corrected chi connectivity index (χ2v) is 18.3. The minimum atomic E-state index is -5.03. The molecule has 8 atom stereocenters. The normalized spacial score (nSPS) is 28.6. The van der Waals surface area contributed by atoms with Crippen LogP contribution in [0.1, 0.15) is 65.7 Å². The highest BCUT2D eigenvalue weighted by molar-refractivity contribution is 7.91. The molecule has 4 aliphatic rings. The van der Waals surface area contributed by atoms with Gasteiger partial charge in [0.05, 0.1) is 18.9 Å². The summed E-state index contributed by atoms with van der Waals surface area (Å²) in [6.07, 6.45) is -2.67. The number of rotatable bonds is 9. The van der Waals surface area contributed by atoms with Crippen molar-refractivity contribution in [3.63, 3.8) is 0 Å². The van der Waals surface area contributed by atoms with Gasteiger partial charge in [-0.05, 0) is 86.9 Å². The Labute approximate surface area is 335 Å². The number of aromatic nitrogens is 1. The minimum absolute atomic E-state index is 0.0592. The highest BCUT2D eigenvalue weighted by Crippen LogP contribution is 2.46. The van der Waals surface area contributed by atoms with E-state index in [0.717, 1.165) is 4.90 Å². The molecule has 1 aromatic carbocycles. The van der Waals surface area contributed by atoms with Crippen molar-refractivity contribution in [1.29, 1.82) is 0 Å². The SMILES string of the molecule is COc1ccc2c(O[C@@H]3C[C@H]4C(=O)N[C@]5(C(=O)NS(=O)(=O)C6CC6)C[C@H]5C=CCC[C@@H](C)C[C@@H](C)[C@H](N(C(=O)O)[C@H](C)C(F)(F)F)C(=O)N4C3)nc(N(C)C)cc2c1. The number of hydrogen-bond donors (Lipinski definition) is 3. The second-order valence-electron chi connectivity index (χ2n) is 16.4. The molecule has 58 heavy (non-hydrogen) atoms. The Bertz CT molecular complexity index is 2080. The van der Waals surface area contributed by atoms with Crippen molar-refractivity contribution in [3.05, 3.63) is 36.4 Å². The second kappa shape index (κ2) is 16.1. The van der Waals surface area contributed by atoms with Gasteiger partial charge in [0, 0.05) is 31.8 Å². The van der Waals surface area contributed by atoms with E-state index in [4.69, 9.17) is 9.47 Å². The predicted molar refractivity (Wildman–Crippen MR) is 207 cm³/mol. The lowest BCUT2D eigenvalue weighted by Crippen LogP contribution is -2.62. The largest absolute Gasteiger partial charge is 0.497 e. The maximum Gasteiger partial charge on any atom is 0.408 e. The molecule has 6 rings (SSSR count). The summed E-state index contributed by atoms with van der Waals surface area (Å²) < 4.78 is 82.8. The molecule has 0 radical (unpaired) electrons. The van der Waals surface area contributed by atoms with Crippen molar-refractivity contribution in [3.8, 4) is 11.6 Å². The Balaban J connectivity index is 1.43. The van der Waals surface area contributed by atoms with Crippen LogP contribution in [0.2, 0.25) is 0 Å². The highest BCUT2D eigenvalue weighted by Gasteiger charge is 2.62. The molecule has 19 heteroatoms. The fourth-order valence-corrected chi connectivity index (χ4v) is 9.51. The number of halogens is 3. The molecule has 0 unspecified atom stereocenters. The maximum absolute atomic E-state index is 14.9. The quantitative estimate of drug-likeness (QED) is 0.303. The van der Waals surface area contributed by atoms with E-state index in [9.17, 15) is 45.9 Å². The molecule has 3 fully saturated rings. The molecule has 4 amide bonds. The van der Waals surface area contributed by atoms with Gasteiger partial charge in [-0.15, -0.1) is 0 Å². The number of hydrogen-bond acceptors (Lipinski definition) is 10. The number of anilines is 1. The number of alkyl halides is 3. The van der Waals surface area contributed by atoms with Gasteiger partial charge < -0.3 is 29.7 Å². The molecule has 3 N–H and O–H groups in total. The molecule has 1 saturated heterocycles. The third kappa shape index (κ3) is 8.78. The number of carboxylic acid groups (broad SMARTS) is 1. The summed E-state index contributed by atoms with van der Waals surface area (Å²) in [4.78, 5) is 63.6. The molecule has 0 spiro atoms. The first-order chi connectivity index (χ1) is 27.2. The fourth-order valence-electron chi connectivity index (χ4n) is 8.15. The smallest absolute Gasteiger partial charge is 0.408 e. The number of pyridine rings is 1. The van der Waals surface area contributed by atoms with Crippen LogP contribution in [0.4, 0.5) is 23.8 Å². The predicted octanol–water partition coefficient (Wildman–Crippen LogP) is 4.45. The van der Waals surface area contributed by atoms with Crippen LogP contribution in [0, 0.1) is 17.8 Å². The van der Waals surface area contributed by atoms with Crippen molar-refractivity contribution < 1.29 is 55.3 Å². The van der Waals surface area contributed by atoms with E-state index in [2.05, 4.69) is 15.0 Å². The Hall–Kier alpha value is -4.81. The van der Waals surface area contributed by atoms with E-state index in [-0.39, 0.29) is 42.5 Å². The van der Waals surface area contributed by atoms with E-state index in [1.165, 1.54) is 14.0 Å². The zero-order valence-electron chi connectivity index (χ0n) is 33.3. The summed E-state index contributed by atoms with van der Waals surface area (Å²) >= 11 is 0. The zero-order valence-corrected chi connectivity index (χ0v) is 34.1. The number of ether oxygens (including phenoxy) is 2. The van der Waals surface area contributed by atoms with Crippen LogP contribution in [-0.2, 0) is 24.4 Å². The maximum atomic E-state index is 14.9. The van der Waals surface area contributed by atoms with Crippen molar-refractivity contribution in [2.45, 2.75) is 107 Å². The van der Waals surface area contributed by atoms with Crippen LogP contribution in [0.25, 0.3) is 10.8 Å². The Kier molecular flexibility index (Phi) is 11.9. The third-order valence-electron chi connectivity index (χ3n) is 11.7. The number of carbonyl (C=O) groups excluding carboxylic acids is 3. The summed E-state index contributed by atoms with van der Waals surface area (Å²) in [5, 5.41) is 13.6. The summed E-state index contributed by atoms with van der Waals surface area (Å²) in [7, 11) is 1.04. The van der Waals surface area contributed by atoms with Crippen LogP contribution < -0.4 is 24.4 Å². The topological polar surface area (TPSA) is 188 Å². The zero-order chi connectivity index (χ0) is 42.5. The number of benzene rings is 1. The van der Waals surface area contributed by atoms with E-state index in [1.54, 1.807) is 49.3 Å². The number of nitrogens with one attached hydrogen (secondary N) is 2. The molecule has 1 aromatic heterocycles. The Morgan fingerprint density at radius 1 is 1.12 bits per heavy atom. The molecular weight excluding hydrogens is 786 g/mol. The van der Waals surface area contributed by atoms with E-state index in [1.807, 2.05) is 13.0 Å². The molecule has 2 aliphatic carbocycles. The van der Waals surface area contributed by atoms with Crippen LogP contribution >= 0.6 is 0 Å². The van der Waals surface area contributed by atoms with Crippen LogP contribution in [0.3, 0.4) is 0 Å². The monoisotopic (exact) mass is 836 g/mol. The number of nitrogens with zero attached hydrogens (tertiary/aromatic N) is 4. The van der Waals surface area contributed by atoms with Gasteiger partial charge >= 0.3 is 12.3 Å². The highest BCUT2D eigenvalue weighted by atomic mass is 32.2. The standard InChI is InChI=1S/C39H51F3N6O9S/c1-21-9-7-8-10-25-19-38(25,36(51)45-58(54,55)28-12-13-28)44-33(49)30-18-27(57-34-29-14-11-26(56-6)16-24(29)17-31(43-34)46(4)5)20-47(30)35(50)32(22(2)15-21)48(37(52)53)23(3)39(40,41)42/h8,10-11,14,16-17,21-23,25,27-28,30,32H,7,9,12-13,15,18-20H2,1-6H3,(H,44,49)(H,45,51)(H,52,53)/t21-,22-,23-,25-,27-,30+,32+,38-/m1/s1. The molecule has 318 valence electrons. The Morgan fingerprint density at radius 3 is 2.45 bits per heavy atom. The van der Waals surface area contributed by atoms with Crippen LogP contribution in [0.15, 0.2) is 36.4 Å². The summed E-state index contributed by atoms with van der Waals surface area (Å²) in [6.45, 7) is 3.69. The van der Waals surface area contributed by atoms with E-state index < -0.39 is 86.9 Å². The summed E-state index contributed by atoms with van der Waals surface area (Å²) in [5.74, 6) is -3.36. The van der Waals surface area contributed by atoms with Gasteiger partial charge in [0.1, 0.15) is 41.3 Å². The van der Waals surface area contributed by atoms with Crippen LogP contribution in [-0.4, -0.2) is 121 Å². The average molecular weight is 837 g/mol. The first kappa shape index (κ1) is 42.8. The van der Waals surface area contributed by atoms with Crippen molar-refractivity contribution in [1.82, 2.24) is 24.8 Å². The molecule has 0 bridgehead atoms. The van der Waals surface area contributed by atoms with Crippen LogP contribution in [0.5, 0.6) is 11.6 Å². The van der Waals surface area contributed by atoms with Gasteiger partial charge in [0.25, 0.3) is 5.91 Å². The van der Waals surface area contributed by atoms with E-state index in [0.29, 0.717) is 54.9 Å². The number of sulfonamides is 1. The van der Waals surface area contributed by atoms with Gasteiger partial charge in [0.2, 0.25) is 27.7 Å². The average Bonchev–Trinajstić information content (AvgIpc) is 4.07. The van der Waals surface area contributed by atoms with E-state index >= 15 is 0 Å². The first-order valence-corrected chi connectivity index (χ1v) is 21.0. The molecule has 3 heterocycles. The van der Waals surface area contributed by atoms with Gasteiger partial charge in [-0.3, -0.25) is 24.0 Å². The molecular formula is C39H51F3N6O9S. The molecule has 15 nitrogen and oxygen atoms in total. The number of fused-ring (bicyclic) bond motifs is 3. The number of allylic oxidation sites excluding steroid dienone is 1. The minimum Gasteiger partial charge on any atom is -0.497 e. The molecule has 2 aromatic rings. The molecule has 2 aliphatic heterocycles. The first-order valence-electron chi connectivity index (χ1n) is 19.4. The third-order valence-corrected chi connectivity index (χ3v) is 13.5. The van der Waals surface area contributed by atoms with Crippen molar-refractivity contribution in [2.24, 2.45) is 17.8 Å². The lowest BCUT2D eigenvalue weighted by molar-refractivity contribution is -0.184. The van der Waals surface area contributed by atoms with Gasteiger partial charge in [-0.2, -0.15) is 18.2 Å². The van der Waals surface area contributed by atoms with Gasteiger partial charge in [0.15, 0.2) is 0 Å². The van der Waals surface area contributed by atoms with Gasteiger partial charge in [-0.25, -0.2) is 13.2 Å². The number of methoxy groups -OCH3 is 1.